The van der Waals surface area contributed by atoms with Crippen LogP contribution in [0.3, 0.4) is 0 Å². The number of furan rings is 1. The summed E-state index contributed by atoms with van der Waals surface area (Å²) in [5.74, 6) is 1.33. The van der Waals surface area contributed by atoms with Crippen molar-refractivity contribution < 1.29 is 13.5 Å². The smallest absolute Gasteiger partial charge is 0.326 e. The van der Waals surface area contributed by atoms with Crippen LogP contribution in [0.5, 0.6) is 0 Å². The van der Waals surface area contributed by atoms with Gasteiger partial charge in [-0.3, -0.25) is 4.57 Å². The maximum Gasteiger partial charge on any atom is 0.326 e. The van der Waals surface area contributed by atoms with Crippen LogP contribution in [0, 0.1) is 0 Å². The summed E-state index contributed by atoms with van der Waals surface area (Å²) < 4.78 is 22.2. The lowest BCUT2D eigenvalue weighted by molar-refractivity contribution is 0.394. The van der Waals surface area contributed by atoms with Crippen LogP contribution in [0.25, 0.3) is 0 Å². The summed E-state index contributed by atoms with van der Waals surface area (Å²) in [6.07, 6.45) is 1.60. The second kappa shape index (κ2) is 5.75. The van der Waals surface area contributed by atoms with Crippen LogP contribution in [-0.2, 0) is 14.8 Å². The molecule has 0 aliphatic rings. The highest BCUT2D eigenvalue weighted by molar-refractivity contribution is 8.55. The Balaban J connectivity index is 2.50. The molecule has 0 aliphatic heterocycles. The van der Waals surface area contributed by atoms with Gasteiger partial charge in [-0.1, -0.05) is 0 Å². The third-order valence-electron chi connectivity index (χ3n) is 1.61. The summed E-state index contributed by atoms with van der Waals surface area (Å²) in [6, 6.07) is 3.78. The molecule has 1 aromatic heterocycles. The monoisotopic (exact) mass is 249 g/mol. The van der Waals surface area contributed by atoms with E-state index in [0.29, 0.717) is 5.75 Å². The van der Waals surface area contributed by atoms with Crippen LogP contribution >= 0.6 is 18.1 Å². The van der Waals surface area contributed by atoms with E-state index in [4.69, 9.17) is 8.94 Å². The molecule has 0 spiro atoms. The van der Waals surface area contributed by atoms with E-state index in [0.717, 1.165) is 5.76 Å². The molecule has 6 heteroatoms. The van der Waals surface area contributed by atoms with Gasteiger partial charge in [-0.15, -0.1) is 0 Å². The van der Waals surface area contributed by atoms with Crippen LogP contribution in [0.4, 0.5) is 0 Å². The van der Waals surface area contributed by atoms with E-state index in [1.165, 1.54) is 18.5 Å². The zero-order chi connectivity index (χ0) is 11.3. The fraction of sp³-hybridized carbons (Fsp3) is 0.556. The fourth-order valence-corrected chi connectivity index (χ4v) is 4.45. The van der Waals surface area contributed by atoms with Gasteiger partial charge in [0.25, 0.3) is 0 Å². The van der Waals surface area contributed by atoms with Crippen molar-refractivity contribution in [2.45, 2.75) is 25.6 Å². The van der Waals surface area contributed by atoms with Crippen molar-refractivity contribution in [1.29, 1.82) is 0 Å². The van der Waals surface area contributed by atoms with Crippen molar-refractivity contribution in [2.75, 3.05) is 7.11 Å². The molecule has 0 aromatic carbocycles. The molecule has 4 nitrogen and oxygen atoms in total. The summed E-state index contributed by atoms with van der Waals surface area (Å²) in [4.78, 5) is 0. The van der Waals surface area contributed by atoms with E-state index in [-0.39, 0.29) is 6.04 Å². The zero-order valence-corrected chi connectivity index (χ0v) is 10.8. The topological polar surface area (TPSA) is 51.5 Å². The SMILES string of the molecule is COP(=O)(NC(C)C)SCc1ccco1. The Hall–Kier alpha value is -0.220. The average molecular weight is 249 g/mol. The first-order chi connectivity index (χ1) is 7.06. The van der Waals surface area contributed by atoms with Crippen LogP contribution in [0.2, 0.25) is 0 Å². The van der Waals surface area contributed by atoms with E-state index < -0.39 is 6.72 Å². The first-order valence-electron chi connectivity index (χ1n) is 4.66. The van der Waals surface area contributed by atoms with Gasteiger partial charge in [0, 0.05) is 13.2 Å². The van der Waals surface area contributed by atoms with Crippen molar-refractivity contribution in [3.63, 3.8) is 0 Å². The minimum Gasteiger partial charge on any atom is -0.468 e. The van der Waals surface area contributed by atoms with Gasteiger partial charge in [-0.25, -0.2) is 5.09 Å². The Morgan fingerprint density at radius 1 is 1.67 bits per heavy atom. The second-order valence-corrected chi connectivity index (χ2v) is 7.70. The van der Waals surface area contributed by atoms with Crippen molar-refractivity contribution in [3.05, 3.63) is 24.2 Å². The molecule has 1 heterocycles. The highest BCUT2D eigenvalue weighted by Crippen LogP contribution is 2.56. The number of hydrogen-bond acceptors (Lipinski definition) is 4. The normalized spacial score (nSPS) is 15.5. The zero-order valence-electron chi connectivity index (χ0n) is 9.10. The highest BCUT2D eigenvalue weighted by atomic mass is 32.7. The maximum absolute atomic E-state index is 12.1. The summed E-state index contributed by atoms with van der Waals surface area (Å²) in [5.41, 5.74) is 0. The first kappa shape index (κ1) is 12.8. The van der Waals surface area contributed by atoms with Crippen molar-refractivity contribution >= 4 is 18.1 Å². The highest BCUT2D eigenvalue weighted by Gasteiger charge is 2.23. The lowest BCUT2D eigenvalue weighted by atomic mass is 10.4. The molecule has 0 saturated carbocycles. The van der Waals surface area contributed by atoms with E-state index >= 15 is 0 Å². The van der Waals surface area contributed by atoms with E-state index in [2.05, 4.69) is 5.09 Å². The van der Waals surface area contributed by atoms with E-state index in [1.54, 1.807) is 6.26 Å². The molecule has 0 saturated heterocycles. The Kier molecular flexibility index (Phi) is 4.93. The van der Waals surface area contributed by atoms with Gasteiger partial charge >= 0.3 is 6.72 Å². The quantitative estimate of drug-likeness (QED) is 0.784. The molecule has 0 aliphatic carbocycles. The summed E-state index contributed by atoms with van der Waals surface area (Å²) in [5, 5.41) is 2.92. The Labute approximate surface area is 94.0 Å². The predicted molar refractivity (Wildman–Crippen MR) is 62.9 cm³/mol. The Morgan fingerprint density at radius 2 is 2.40 bits per heavy atom. The molecular weight excluding hydrogens is 233 g/mol. The molecule has 1 rings (SSSR count). The number of nitrogens with one attached hydrogen (secondary N) is 1. The summed E-state index contributed by atoms with van der Waals surface area (Å²) >= 11 is 1.24. The summed E-state index contributed by atoms with van der Waals surface area (Å²) in [6.45, 7) is 1.07. The minimum absolute atomic E-state index is 0.125. The van der Waals surface area contributed by atoms with Gasteiger partial charge in [-0.05, 0) is 37.4 Å². The Bertz CT molecular complexity index is 326. The molecule has 1 aromatic rings. The first-order valence-corrected chi connectivity index (χ1v) is 7.88. The van der Waals surface area contributed by atoms with Crippen molar-refractivity contribution in [2.24, 2.45) is 0 Å². The molecule has 0 radical (unpaired) electrons. The fourth-order valence-electron chi connectivity index (χ4n) is 1.00. The van der Waals surface area contributed by atoms with Crippen LogP contribution in [-0.4, -0.2) is 13.2 Å². The molecule has 1 N–H and O–H groups in total. The molecule has 1 unspecified atom stereocenters. The van der Waals surface area contributed by atoms with Crippen molar-refractivity contribution in [1.82, 2.24) is 5.09 Å². The Morgan fingerprint density at radius 3 is 2.87 bits per heavy atom. The third-order valence-corrected chi connectivity index (χ3v) is 5.85. The molecule has 1 atom stereocenters. The summed E-state index contributed by atoms with van der Waals surface area (Å²) in [7, 11) is 1.45. The van der Waals surface area contributed by atoms with Gasteiger partial charge in [0.15, 0.2) is 0 Å². The second-order valence-electron chi connectivity index (χ2n) is 3.32. The van der Waals surface area contributed by atoms with Gasteiger partial charge in [0.05, 0.1) is 12.0 Å². The maximum atomic E-state index is 12.1. The van der Waals surface area contributed by atoms with Gasteiger partial charge in [-0.2, -0.15) is 0 Å². The number of rotatable bonds is 6. The molecular formula is C9H16NO3PS. The van der Waals surface area contributed by atoms with Gasteiger partial charge in [0.1, 0.15) is 5.76 Å². The van der Waals surface area contributed by atoms with Crippen molar-refractivity contribution in [3.8, 4) is 0 Å². The van der Waals surface area contributed by atoms with Gasteiger partial charge < -0.3 is 8.94 Å². The molecule has 86 valence electrons. The third kappa shape index (κ3) is 4.43. The lowest BCUT2D eigenvalue weighted by Crippen LogP contribution is -2.18. The van der Waals surface area contributed by atoms with Crippen LogP contribution < -0.4 is 5.09 Å². The van der Waals surface area contributed by atoms with E-state index in [9.17, 15) is 4.57 Å². The minimum atomic E-state index is -2.79. The van der Waals surface area contributed by atoms with Gasteiger partial charge in [0.2, 0.25) is 0 Å². The van der Waals surface area contributed by atoms with Crippen LogP contribution in [0.1, 0.15) is 19.6 Å². The standard InChI is InChI=1S/C9H16NO3PS/c1-8(2)10-14(11,12-3)15-7-9-5-4-6-13-9/h4-6,8H,7H2,1-3H3,(H,10,11). The molecule has 0 amide bonds. The molecule has 0 bridgehead atoms. The lowest BCUT2D eigenvalue weighted by Gasteiger charge is -2.18. The molecule has 0 fully saturated rings. The molecule has 15 heavy (non-hydrogen) atoms. The largest absolute Gasteiger partial charge is 0.468 e. The number of hydrogen-bond donors (Lipinski definition) is 1. The van der Waals surface area contributed by atoms with Crippen LogP contribution in [0.15, 0.2) is 22.8 Å². The van der Waals surface area contributed by atoms with E-state index in [1.807, 2.05) is 26.0 Å². The average Bonchev–Trinajstić information content (AvgIpc) is 2.66. The predicted octanol–water partition coefficient (Wildman–Crippen LogP) is 3.27.